The lowest BCUT2D eigenvalue weighted by molar-refractivity contribution is -0.133. The van der Waals surface area contributed by atoms with E-state index < -0.39 is 11.7 Å². The summed E-state index contributed by atoms with van der Waals surface area (Å²) in [6, 6.07) is 11.2. The lowest BCUT2D eigenvalue weighted by Gasteiger charge is -2.21. The number of rotatable bonds is 5. The van der Waals surface area contributed by atoms with Crippen LogP contribution in [0.2, 0.25) is 5.02 Å². The first kappa shape index (κ1) is 21.1. The number of hydrogen-bond acceptors (Lipinski definition) is 4. The molecule has 1 unspecified atom stereocenters. The van der Waals surface area contributed by atoms with Crippen molar-refractivity contribution in [3.63, 3.8) is 0 Å². The molecule has 1 N–H and O–H groups in total. The van der Waals surface area contributed by atoms with Crippen LogP contribution in [0.3, 0.4) is 0 Å². The molecule has 1 fully saturated rings. The minimum atomic E-state index is -0.573. The van der Waals surface area contributed by atoms with Crippen molar-refractivity contribution in [3.05, 3.63) is 58.9 Å². The minimum Gasteiger partial charge on any atom is -0.483 e. The van der Waals surface area contributed by atoms with Gasteiger partial charge in [-0.1, -0.05) is 29.8 Å². The summed E-state index contributed by atoms with van der Waals surface area (Å²) in [6.07, 6.45) is 0.0164. The van der Waals surface area contributed by atoms with E-state index in [0.29, 0.717) is 18.8 Å². The van der Waals surface area contributed by atoms with Crippen molar-refractivity contribution in [3.8, 4) is 5.75 Å². The number of carbonyl (C=O) groups excluding carboxylic acids is 3. The van der Waals surface area contributed by atoms with Crippen LogP contribution in [0.1, 0.15) is 12.0 Å². The maximum Gasteiger partial charge on any atom is 0.260 e. The normalized spacial score (nSPS) is 18.5. The van der Waals surface area contributed by atoms with Gasteiger partial charge >= 0.3 is 0 Å². The van der Waals surface area contributed by atoms with Gasteiger partial charge in [-0.2, -0.15) is 0 Å². The van der Waals surface area contributed by atoms with E-state index in [1.807, 2.05) is 24.3 Å². The molecule has 0 spiro atoms. The summed E-state index contributed by atoms with van der Waals surface area (Å²) in [5.41, 5.74) is 1.17. The number of amides is 3. The van der Waals surface area contributed by atoms with Gasteiger partial charge in [0, 0.05) is 38.2 Å². The zero-order chi connectivity index (χ0) is 22.0. The fraction of sp³-hybridized carbons (Fsp3) is 0.318. The van der Waals surface area contributed by atoms with Crippen LogP contribution < -0.4 is 15.0 Å². The first-order chi connectivity index (χ1) is 14.9. The SMILES string of the molecule is O=C(NCCN1Cc2ccccc2OCC1=O)C1CC(=O)N(c2cc(F)ccc2Cl)C1. The third-order valence-electron chi connectivity index (χ3n) is 5.41. The standard InChI is InChI=1S/C22H21ClFN3O4/c23-17-6-5-16(24)10-18(17)27-12-15(9-20(27)28)22(30)25-7-8-26-11-14-3-1-2-4-19(14)31-13-21(26)29/h1-6,10,15H,7-9,11-13H2,(H,25,30). The predicted molar refractivity (Wildman–Crippen MR) is 112 cm³/mol. The topological polar surface area (TPSA) is 79.0 Å². The molecule has 0 saturated carbocycles. The van der Waals surface area contributed by atoms with Crippen molar-refractivity contribution in [2.45, 2.75) is 13.0 Å². The van der Waals surface area contributed by atoms with Crippen LogP contribution in [-0.4, -0.2) is 48.9 Å². The quantitative estimate of drug-likeness (QED) is 0.766. The van der Waals surface area contributed by atoms with E-state index in [1.165, 1.54) is 23.1 Å². The van der Waals surface area contributed by atoms with Crippen LogP contribution in [0.4, 0.5) is 10.1 Å². The molecular formula is C22H21ClFN3O4. The summed E-state index contributed by atoms with van der Waals surface area (Å²) in [4.78, 5) is 40.2. The van der Waals surface area contributed by atoms with Gasteiger partial charge < -0.3 is 19.9 Å². The number of benzene rings is 2. The highest BCUT2D eigenvalue weighted by Crippen LogP contribution is 2.32. The van der Waals surface area contributed by atoms with Gasteiger partial charge in [-0.25, -0.2) is 4.39 Å². The molecule has 0 radical (unpaired) electrons. The Bertz CT molecular complexity index is 1030. The van der Waals surface area contributed by atoms with Crippen molar-refractivity contribution >= 4 is 35.0 Å². The molecular weight excluding hydrogens is 425 g/mol. The molecule has 4 rings (SSSR count). The van der Waals surface area contributed by atoms with Crippen LogP contribution >= 0.6 is 11.6 Å². The maximum absolute atomic E-state index is 13.6. The average molecular weight is 446 g/mol. The lowest BCUT2D eigenvalue weighted by Crippen LogP contribution is -2.41. The Balaban J connectivity index is 1.33. The third kappa shape index (κ3) is 4.64. The second-order valence-corrected chi connectivity index (χ2v) is 7.91. The maximum atomic E-state index is 13.6. The van der Waals surface area contributed by atoms with Gasteiger partial charge in [0.15, 0.2) is 6.61 Å². The predicted octanol–water partition coefficient (Wildman–Crippen LogP) is 2.37. The lowest BCUT2D eigenvalue weighted by atomic mass is 10.1. The second-order valence-electron chi connectivity index (χ2n) is 7.50. The van der Waals surface area contributed by atoms with Crippen LogP contribution in [0.25, 0.3) is 0 Å². The number of halogens is 2. The third-order valence-corrected chi connectivity index (χ3v) is 5.73. The van der Waals surface area contributed by atoms with Crippen LogP contribution in [0.5, 0.6) is 5.75 Å². The summed E-state index contributed by atoms with van der Waals surface area (Å²) in [6.45, 7) is 1.04. The van der Waals surface area contributed by atoms with Crippen molar-refractivity contribution in [1.82, 2.24) is 10.2 Å². The van der Waals surface area contributed by atoms with E-state index in [4.69, 9.17) is 16.3 Å². The fourth-order valence-electron chi connectivity index (χ4n) is 3.77. The summed E-state index contributed by atoms with van der Waals surface area (Å²) < 4.78 is 19.1. The molecule has 9 heteroatoms. The highest BCUT2D eigenvalue weighted by molar-refractivity contribution is 6.33. The number of nitrogens with one attached hydrogen (secondary N) is 1. The largest absolute Gasteiger partial charge is 0.483 e. The van der Waals surface area contributed by atoms with E-state index in [0.717, 1.165) is 5.56 Å². The Morgan fingerprint density at radius 3 is 2.84 bits per heavy atom. The molecule has 0 bridgehead atoms. The molecule has 31 heavy (non-hydrogen) atoms. The second kappa shape index (κ2) is 8.93. The first-order valence-electron chi connectivity index (χ1n) is 9.94. The van der Waals surface area contributed by atoms with Gasteiger partial charge in [-0.15, -0.1) is 0 Å². The number of anilines is 1. The van der Waals surface area contributed by atoms with E-state index in [-0.39, 0.29) is 54.5 Å². The number of para-hydroxylation sites is 1. The number of nitrogens with zero attached hydrogens (tertiary/aromatic N) is 2. The molecule has 2 heterocycles. The zero-order valence-corrected chi connectivity index (χ0v) is 17.4. The highest BCUT2D eigenvalue weighted by Gasteiger charge is 2.36. The highest BCUT2D eigenvalue weighted by atomic mass is 35.5. The van der Waals surface area contributed by atoms with Crippen molar-refractivity contribution in [1.29, 1.82) is 0 Å². The zero-order valence-electron chi connectivity index (χ0n) is 16.6. The molecule has 2 aromatic rings. The van der Waals surface area contributed by atoms with Crippen LogP contribution in [0.15, 0.2) is 42.5 Å². The van der Waals surface area contributed by atoms with E-state index in [1.54, 1.807) is 4.90 Å². The molecule has 3 amide bonds. The summed E-state index contributed by atoms with van der Waals surface area (Å²) in [5.74, 6) is -1.13. The summed E-state index contributed by atoms with van der Waals surface area (Å²) in [7, 11) is 0. The van der Waals surface area contributed by atoms with Gasteiger partial charge in [0.25, 0.3) is 5.91 Å². The number of carbonyl (C=O) groups is 3. The Labute approximate surface area is 183 Å². The van der Waals surface area contributed by atoms with E-state index >= 15 is 0 Å². The van der Waals surface area contributed by atoms with Crippen LogP contribution in [0, 0.1) is 11.7 Å². The van der Waals surface area contributed by atoms with Crippen molar-refractivity contribution < 1.29 is 23.5 Å². The van der Waals surface area contributed by atoms with E-state index in [2.05, 4.69) is 5.32 Å². The molecule has 2 aliphatic rings. The molecule has 1 saturated heterocycles. The molecule has 2 aliphatic heterocycles. The Hall–Kier alpha value is -3.13. The number of ether oxygens (including phenoxy) is 1. The molecule has 2 aromatic carbocycles. The Morgan fingerprint density at radius 1 is 1.19 bits per heavy atom. The summed E-state index contributed by atoms with van der Waals surface area (Å²) >= 11 is 6.09. The molecule has 0 aromatic heterocycles. The van der Waals surface area contributed by atoms with Crippen molar-refractivity contribution in [2.75, 3.05) is 31.1 Å². The van der Waals surface area contributed by atoms with Gasteiger partial charge in [-0.05, 0) is 24.3 Å². The van der Waals surface area contributed by atoms with E-state index in [9.17, 15) is 18.8 Å². The van der Waals surface area contributed by atoms with Gasteiger partial charge in [0.2, 0.25) is 11.8 Å². The molecule has 0 aliphatic carbocycles. The van der Waals surface area contributed by atoms with Gasteiger partial charge in [0.05, 0.1) is 16.6 Å². The minimum absolute atomic E-state index is 0.0164. The van der Waals surface area contributed by atoms with Gasteiger partial charge in [0.1, 0.15) is 11.6 Å². The monoisotopic (exact) mass is 445 g/mol. The number of fused-ring (bicyclic) bond motifs is 1. The first-order valence-corrected chi connectivity index (χ1v) is 10.3. The molecule has 1 atom stereocenters. The smallest absolute Gasteiger partial charge is 0.260 e. The fourth-order valence-corrected chi connectivity index (χ4v) is 3.99. The van der Waals surface area contributed by atoms with Crippen molar-refractivity contribution in [2.24, 2.45) is 5.92 Å². The molecule has 162 valence electrons. The Kier molecular flexibility index (Phi) is 6.08. The molecule has 7 nitrogen and oxygen atoms in total. The average Bonchev–Trinajstić information content (AvgIpc) is 3.07. The van der Waals surface area contributed by atoms with Gasteiger partial charge in [-0.3, -0.25) is 14.4 Å². The number of hydrogen-bond donors (Lipinski definition) is 1. The Morgan fingerprint density at radius 2 is 2.00 bits per heavy atom. The summed E-state index contributed by atoms with van der Waals surface area (Å²) in [5, 5.41) is 3.04. The van der Waals surface area contributed by atoms with Crippen LogP contribution in [-0.2, 0) is 20.9 Å².